The van der Waals surface area contributed by atoms with Gasteiger partial charge in [0.1, 0.15) is 6.33 Å². The number of rotatable bonds is 2. The minimum absolute atomic E-state index is 0.0486. The molecule has 0 aliphatic rings. The number of nitrogens with zero attached hydrogens (tertiary/aromatic N) is 2. The van der Waals surface area contributed by atoms with Crippen molar-refractivity contribution in [3.8, 4) is 5.69 Å². The third-order valence-electron chi connectivity index (χ3n) is 2.00. The van der Waals surface area contributed by atoms with Gasteiger partial charge in [-0.1, -0.05) is 11.6 Å². The fourth-order valence-corrected chi connectivity index (χ4v) is 1.46. The van der Waals surface area contributed by atoms with E-state index in [4.69, 9.17) is 16.7 Å². The van der Waals surface area contributed by atoms with Gasteiger partial charge in [-0.3, -0.25) is 0 Å². The summed E-state index contributed by atoms with van der Waals surface area (Å²) in [4.78, 5) is 22.1. The second-order valence-corrected chi connectivity index (χ2v) is 3.41. The first-order chi connectivity index (χ1) is 7.59. The molecular weight excluding hydrogens is 234 g/mol. The maximum absolute atomic E-state index is 11.3. The Labute approximate surface area is 94.1 Å². The second kappa shape index (κ2) is 3.82. The van der Waals surface area contributed by atoms with Crippen LogP contribution in [0.2, 0.25) is 5.02 Å². The summed E-state index contributed by atoms with van der Waals surface area (Å²) in [6.45, 7) is 0. The standard InChI is InChI=1S/C9H6ClN3O3/c10-6-2-1-5(8(14)15)3-7(6)13-4-11-12-9(13)16/h1-4H,(H,12,16)(H,14,15). The van der Waals surface area contributed by atoms with Crippen LogP contribution in [0.3, 0.4) is 0 Å². The molecule has 0 spiro atoms. The Morgan fingerprint density at radius 2 is 2.25 bits per heavy atom. The number of carbonyl (C=O) groups is 1. The molecule has 0 fully saturated rings. The van der Waals surface area contributed by atoms with Crippen LogP contribution in [0.25, 0.3) is 5.69 Å². The molecule has 0 saturated carbocycles. The Hall–Kier alpha value is -2.08. The van der Waals surface area contributed by atoms with Gasteiger partial charge in [-0.05, 0) is 18.2 Å². The average molecular weight is 240 g/mol. The summed E-state index contributed by atoms with van der Waals surface area (Å²) in [5.74, 6) is -1.09. The fourth-order valence-electron chi connectivity index (χ4n) is 1.25. The minimum Gasteiger partial charge on any atom is -0.478 e. The summed E-state index contributed by atoms with van der Waals surface area (Å²) in [5.41, 5.74) is -0.155. The van der Waals surface area contributed by atoms with E-state index in [1.165, 1.54) is 24.5 Å². The van der Waals surface area contributed by atoms with Crippen molar-refractivity contribution < 1.29 is 9.90 Å². The van der Waals surface area contributed by atoms with Gasteiger partial charge in [-0.2, -0.15) is 5.10 Å². The first-order valence-corrected chi connectivity index (χ1v) is 4.62. The number of nitrogens with one attached hydrogen (secondary N) is 1. The molecule has 7 heteroatoms. The van der Waals surface area contributed by atoms with E-state index in [2.05, 4.69) is 10.2 Å². The zero-order valence-corrected chi connectivity index (χ0v) is 8.60. The first kappa shape index (κ1) is 10.4. The highest BCUT2D eigenvalue weighted by Crippen LogP contribution is 2.20. The van der Waals surface area contributed by atoms with E-state index in [0.29, 0.717) is 0 Å². The Morgan fingerprint density at radius 3 is 2.81 bits per heavy atom. The van der Waals surface area contributed by atoms with Crippen molar-refractivity contribution in [2.24, 2.45) is 0 Å². The van der Waals surface area contributed by atoms with Gasteiger partial charge in [0, 0.05) is 0 Å². The molecule has 82 valence electrons. The van der Waals surface area contributed by atoms with Gasteiger partial charge in [0.2, 0.25) is 0 Å². The third-order valence-corrected chi connectivity index (χ3v) is 2.32. The quantitative estimate of drug-likeness (QED) is 0.815. The highest BCUT2D eigenvalue weighted by molar-refractivity contribution is 6.32. The number of aromatic nitrogens is 3. The number of carboxylic acid groups (broad SMARTS) is 1. The van der Waals surface area contributed by atoms with Crippen LogP contribution >= 0.6 is 11.6 Å². The zero-order chi connectivity index (χ0) is 11.7. The van der Waals surface area contributed by atoms with E-state index in [0.717, 1.165) is 4.57 Å². The van der Waals surface area contributed by atoms with E-state index < -0.39 is 11.7 Å². The monoisotopic (exact) mass is 239 g/mol. The van der Waals surface area contributed by atoms with E-state index in [9.17, 15) is 9.59 Å². The number of hydrogen-bond acceptors (Lipinski definition) is 3. The normalized spacial score (nSPS) is 10.3. The summed E-state index contributed by atoms with van der Waals surface area (Å²) in [6, 6.07) is 4.08. The number of benzene rings is 1. The second-order valence-electron chi connectivity index (χ2n) is 3.00. The summed E-state index contributed by atoms with van der Waals surface area (Å²) < 4.78 is 1.13. The molecule has 16 heavy (non-hydrogen) atoms. The van der Waals surface area contributed by atoms with Gasteiger partial charge in [0.25, 0.3) is 0 Å². The molecule has 0 saturated heterocycles. The van der Waals surface area contributed by atoms with Crippen LogP contribution < -0.4 is 5.69 Å². The molecule has 2 aromatic rings. The van der Waals surface area contributed by atoms with Crippen LogP contribution in [0.1, 0.15) is 10.4 Å². The van der Waals surface area contributed by atoms with E-state index >= 15 is 0 Å². The molecule has 1 heterocycles. The van der Waals surface area contributed by atoms with Gasteiger partial charge >= 0.3 is 11.7 Å². The minimum atomic E-state index is -1.09. The first-order valence-electron chi connectivity index (χ1n) is 4.25. The predicted octanol–water partition coefficient (Wildman–Crippen LogP) is 0.912. The molecule has 2 N–H and O–H groups in total. The SMILES string of the molecule is O=C(O)c1ccc(Cl)c(-n2cn[nH]c2=O)c1. The molecule has 0 amide bonds. The molecular formula is C9H6ClN3O3. The van der Waals surface area contributed by atoms with E-state index in [1.54, 1.807) is 0 Å². The average Bonchev–Trinajstić information content (AvgIpc) is 2.65. The highest BCUT2D eigenvalue weighted by atomic mass is 35.5. The van der Waals surface area contributed by atoms with Crippen LogP contribution in [0.5, 0.6) is 0 Å². The smallest absolute Gasteiger partial charge is 0.347 e. The van der Waals surface area contributed by atoms with E-state index in [-0.39, 0.29) is 16.3 Å². The van der Waals surface area contributed by atoms with Gasteiger partial charge in [0.05, 0.1) is 16.3 Å². The van der Waals surface area contributed by atoms with Gasteiger partial charge < -0.3 is 5.11 Å². The number of aromatic carboxylic acids is 1. The number of H-pyrrole nitrogens is 1. The summed E-state index contributed by atoms with van der Waals surface area (Å²) in [6.07, 6.45) is 1.23. The van der Waals surface area contributed by atoms with Crippen molar-refractivity contribution in [2.45, 2.75) is 0 Å². The van der Waals surface area contributed by atoms with Gasteiger partial charge in [-0.25, -0.2) is 19.3 Å². The largest absolute Gasteiger partial charge is 0.478 e. The Kier molecular flexibility index (Phi) is 2.49. The number of halogens is 1. The van der Waals surface area contributed by atoms with Crippen LogP contribution in [-0.4, -0.2) is 25.8 Å². The Balaban J connectivity index is 2.65. The predicted molar refractivity (Wildman–Crippen MR) is 56.2 cm³/mol. The topological polar surface area (TPSA) is 88.0 Å². The fraction of sp³-hybridized carbons (Fsp3) is 0. The highest BCUT2D eigenvalue weighted by Gasteiger charge is 2.10. The lowest BCUT2D eigenvalue weighted by atomic mass is 10.2. The summed E-state index contributed by atoms with van der Waals surface area (Å²) in [5, 5.41) is 14.8. The van der Waals surface area contributed by atoms with Crippen molar-refractivity contribution in [2.75, 3.05) is 0 Å². The molecule has 0 bridgehead atoms. The van der Waals surface area contributed by atoms with Gasteiger partial charge in [0.15, 0.2) is 0 Å². The lowest BCUT2D eigenvalue weighted by Gasteiger charge is -2.04. The molecule has 0 atom stereocenters. The van der Waals surface area contributed by atoms with E-state index in [1.807, 2.05) is 0 Å². The Morgan fingerprint density at radius 1 is 1.50 bits per heavy atom. The summed E-state index contributed by atoms with van der Waals surface area (Å²) in [7, 11) is 0. The van der Waals surface area contributed by atoms with Crippen LogP contribution in [0.15, 0.2) is 29.3 Å². The number of aromatic amines is 1. The molecule has 0 radical (unpaired) electrons. The molecule has 2 rings (SSSR count). The Bertz CT molecular complexity index is 602. The maximum atomic E-state index is 11.3. The molecule has 0 unspecified atom stereocenters. The van der Waals surface area contributed by atoms with Gasteiger partial charge in [-0.15, -0.1) is 0 Å². The van der Waals surface area contributed by atoms with Crippen molar-refractivity contribution in [3.63, 3.8) is 0 Å². The van der Waals surface area contributed by atoms with Crippen LogP contribution in [0, 0.1) is 0 Å². The molecule has 1 aromatic heterocycles. The molecule has 6 nitrogen and oxygen atoms in total. The van der Waals surface area contributed by atoms with Crippen molar-refractivity contribution in [1.82, 2.24) is 14.8 Å². The lowest BCUT2D eigenvalue weighted by Crippen LogP contribution is -2.15. The molecule has 1 aromatic carbocycles. The van der Waals surface area contributed by atoms with Crippen LogP contribution in [0.4, 0.5) is 0 Å². The zero-order valence-electron chi connectivity index (χ0n) is 7.85. The van der Waals surface area contributed by atoms with Crippen molar-refractivity contribution >= 4 is 17.6 Å². The molecule has 0 aliphatic heterocycles. The van der Waals surface area contributed by atoms with Crippen LogP contribution in [-0.2, 0) is 0 Å². The number of hydrogen-bond donors (Lipinski definition) is 2. The lowest BCUT2D eigenvalue weighted by molar-refractivity contribution is 0.0697. The van der Waals surface area contributed by atoms with Crippen molar-refractivity contribution in [3.05, 3.63) is 45.6 Å². The third kappa shape index (κ3) is 1.70. The van der Waals surface area contributed by atoms with Crippen molar-refractivity contribution in [1.29, 1.82) is 0 Å². The maximum Gasteiger partial charge on any atom is 0.347 e. The number of carboxylic acids is 1. The molecule has 0 aliphatic carbocycles. The summed E-state index contributed by atoms with van der Waals surface area (Å²) >= 11 is 5.87.